The zero-order valence-electron chi connectivity index (χ0n) is 39.8. The number of phenolic OH excluding ortho intramolecular Hbond substituents is 1. The number of benzene rings is 2. The number of amides is 9. The maximum Gasteiger partial charge on any atom is 0.329 e. The van der Waals surface area contributed by atoms with Crippen LogP contribution in [-0.4, -0.2) is 153 Å². The van der Waals surface area contributed by atoms with Gasteiger partial charge in [0.05, 0.1) is 0 Å². The summed E-state index contributed by atoms with van der Waals surface area (Å²) >= 11 is 0. The Bertz CT molecular complexity index is 2310. The van der Waals surface area contributed by atoms with Crippen molar-refractivity contribution in [2.24, 2.45) is 11.7 Å². The highest BCUT2D eigenvalue weighted by Crippen LogP contribution is 2.26. The summed E-state index contributed by atoms with van der Waals surface area (Å²) in [5, 5.41) is 34.2. The van der Waals surface area contributed by atoms with E-state index in [9.17, 15) is 58.2 Å². The number of nitrogens with two attached hydrogens (primary N) is 1. The molecule has 0 saturated carbocycles. The molecule has 22 heteroatoms. The Hall–Kier alpha value is -7.36. The van der Waals surface area contributed by atoms with Crippen LogP contribution in [0.25, 0.3) is 0 Å². The number of piperidine rings is 1. The van der Waals surface area contributed by atoms with Crippen molar-refractivity contribution in [3.63, 3.8) is 0 Å². The van der Waals surface area contributed by atoms with E-state index in [1.165, 1.54) is 56.1 Å². The molecule has 2 aromatic rings. The lowest BCUT2D eigenvalue weighted by molar-refractivity contribution is -0.165. The van der Waals surface area contributed by atoms with Crippen LogP contribution < -0.4 is 32.3 Å². The molecule has 5 rings (SSSR count). The van der Waals surface area contributed by atoms with Gasteiger partial charge in [-0.15, -0.1) is 0 Å². The van der Waals surface area contributed by atoms with E-state index in [1.54, 1.807) is 44.2 Å². The molecule has 2 aromatic carbocycles. The number of nitrogens with zero attached hydrogens (tertiary/aromatic N) is 3. The number of nitrogens with one attached hydrogen (secondary N) is 5. The van der Waals surface area contributed by atoms with Gasteiger partial charge in [-0.05, 0) is 75.1 Å². The van der Waals surface area contributed by atoms with Crippen molar-refractivity contribution in [2.45, 2.75) is 134 Å². The van der Waals surface area contributed by atoms with Crippen LogP contribution in [0.15, 0.2) is 66.4 Å². The molecule has 3 aliphatic rings. The van der Waals surface area contributed by atoms with Crippen molar-refractivity contribution in [3.05, 3.63) is 77.5 Å². The Labute approximate surface area is 405 Å². The average molecular weight is 974 g/mol. The number of aliphatic hydroxyl groups is 1. The predicted octanol–water partition coefficient (Wildman–Crippen LogP) is -1.24. The Kier molecular flexibility index (Phi) is 18.6. The SMILES string of the molecule is CC=C1NC(=O)[C@@H](NC(=O)[C@H](CCC(N)=O)NC(=O)[C@@H]2CCCN2C=O)[C@@H](C)OC(=O)[C@H](C(C)C)NC(=O)[C@H](Cc2ccc(O)cc2)N(C)C(=O)[C@H](Cc2ccccc2)N2C(=O)[C@H](CC[C@H]2O)NC1=O. The van der Waals surface area contributed by atoms with E-state index >= 15 is 0 Å². The van der Waals surface area contributed by atoms with Crippen LogP contribution in [-0.2, 0) is 65.5 Å². The molecule has 9 amide bonds. The van der Waals surface area contributed by atoms with Crippen LogP contribution in [0.2, 0.25) is 0 Å². The number of phenols is 1. The first-order chi connectivity index (χ1) is 33.2. The maximum atomic E-state index is 15.0. The quantitative estimate of drug-likeness (QED) is 0.0663. The normalized spacial score (nSPS) is 26.2. The Morgan fingerprint density at radius 1 is 0.900 bits per heavy atom. The fourth-order valence-corrected chi connectivity index (χ4v) is 8.64. The summed E-state index contributed by atoms with van der Waals surface area (Å²) in [5.41, 5.74) is 6.06. The van der Waals surface area contributed by atoms with E-state index in [0.29, 0.717) is 30.5 Å². The maximum absolute atomic E-state index is 15.0. The number of carbonyl (C=O) groups is 10. The van der Waals surface area contributed by atoms with Gasteiger partial charge in [0.25, 0.3) is 11.8 Å². The number of rotatable bonds is 13. The molecule has 9 N–H and O–H groups in total. The van der Waals surface area contributed by atoms with E-state index in [1.807, 2.05) is 0 Å². The average Bonchev–Trinajstić information content (AvgIpc) is 3.82. The Balaban J connectivity index is 1.58. The van der Waals surface area contributed by atoms with E-state index in [2.05, 4.69) is 26.6 Å². The number of fused-ring (bicyclic) bond motifs is 2. The van der Waals surface area contributed by atoms with Crippen molar-refractivity contribution >= 4 is 59.6 Å². The summed E-state index contributed by atoms with van der Waals surface area (Å²) < 4.78 is 5.82. The zero-order valence-corrected chi connectivity index (χ0v) is 39.8. The molecule has 0 aromatic heterocycles. The van der Waals surface area contributed by atoms with Crippen LogP contribution in [0.1, 0.15) is 77.3 Å². The first kappa shape index (κ1) is 53.6. The van der Waals surface area contributed by atoms with E-state index < -0.39 is 126 Å². The van der Waals surface area contributed by atoms with Gasteiger partial charge in [-0.25, -0.2) is 4.79 Å². The first-order valence-electron chi connectivity index (χ1n) is 23.2. The molecule has 70 heavy (non-hydrogen) atoms. The number of aromatic hydroxyl groups is 1. The molecule has 0 radical (unpaired) electrons. The van der Waals surface area contributed by atoms with Gasteiger partial charge in [-0.2, -0.15) is 0 Å². The molecule has 0 spiro atoms. The molecule has 0 aliphatic carbocycles. The van der Waals surface area contributed by atoms with Crippen molar-refractivity contribution in [2.75, 3.05) is 13.6 Å². The van der Waals surface area contributed by atoms with Gasteiger partial charge in [0, 0.05) is 32.9 Å². The number of hydrogen-bond acceptors (Lipinski definition) is 13. The predicted molar refractivity (Wildman–Crippen MR) is 249 cm³/mol. The number of esters is 1. The highest BCUT2D eigenvalue weighted by atomic mass is 16.5. The van der Waals surface area contributed by atoms with Crippen molar-refractivity contribution in [1.29, 1.82) is 0 Å². The zero-order chi connectivity index (χ0) is 51.4. The lowest BCUT2D eigenvalue weighted by atomic mass is 9.95. The summed E-state index contributed by atoms with van der Waals surface area (Å²) in [4.78, 5) is 141. The van der Waals surface area contributed by atoms with Crippen molar-refractivity contribution in [3.8, 4) is 5.75 Å². The standard InChI is InChI=1S/C48H63N9O13/c1-6-31-41(62)52-33-19-21-38(61)57(46(33)67)36(24-28-11-8-7-9-12-28)47(68)55(5)35(23-29-14-16-30(59)17-15-29)44(65)53-39(26(2)3)48(69)70-27(4)40(45(66)50-31)54-42(63)32(18-20-37(49)60)51-43(64)34-13-10-22-56(34)25-58/h6-9,11-12,14-17,25-27,32-36,38-40,59,61H,10,13,18-24H2,1-5H3,(H2,49,60)(H,50,66)(H,51,64)(H,52,62)(H,53,65)(H,54,63)/t27-,32+,33+,34+,35+,36+,38-,39+,40+/m1/s1. The summed E-state index contributed by atoms with van der Waals surface area (Å²) in [6.07, 6.45) is -1.82. The number of likely N-dealkylation sites (N-methyl/N-ethyl adjacent to an activating group) is 1. The fraction of sp³-hybridized carbons (Fsp3) is 0.500. The molecular weight excluding hydrogens is 911 g/mol. The number of primary amides is 1. The number of likely N-dealkylation sites (tertiary alicyclic amines) is 1. The summed E-state index contributed by atoms with van der Waals surface area (Å²) in [6.45, 7) is 6.13. The Morgan fingerprint density at radius 2 is 1.56 bits per heavy atom. The van der Waals surface area contributed by atoms with Crippen LogP contribution in [0.4, 0.5) is 0 Å². The van der Waals surface area contributed by atoms with Gasteiger partial charge in [-0.3, -0.25) is 43.2 Å². The lowest BCUT2D eigenvalue weighted by Gasteiger charge is -2.43. The molecule has 3 fully saturated rings. The minimum absolute atomic E-state index is 0.0669. The minimum Gasteiger partial charge on any atom is -0.508 e. The molecular formula is C48H63N9O13. The molecule has 2 bridgehead atoms. The van der Waals surface area contributed by atoms with Gasteiger partial charge >= 0.3 is 5.97 Å². The third-order valence-electron chi connectivity index (χ3n) is 12.7. The lowest BCUT2D eigenvalue weighted by Crippen LogP contribution is -2.64. The highest BCUT2D eigenvalue weighted by Gasteiger charge is 2.45. The molecule has 9 atom stereocenters. The second-order valence-electron chi connectivity index (χ2n) is 18.0. The number of hydrogen-bond donors (Lipinski definition) is 8. The topological polar surface area (TPSA) is 316 Å². The molecule has 3 saturated heterocycles. The van der Waals surface area contributed by atoms with E-state index in [0.717, 1.165) is 9.80 Å². The summed E-state index contributed by atoms with van der Waals surface area (Å²) in [5.74, 6) is -8.96. The molecule has 22 nitrogen and oxygen atoms in total. The van der Waals surface area contributed by atoms with E-state index in [4.69, 9.17) is 10.5 Å². The highest BCUT2D eigenvalue weighted by molar-refractivity contribution is 6.03. The molecule has 378 valence electrons. The number of allylic oxidation sites excluding steroid dienone is 1. The van der Waals surface area contributed by atoms with Crippen LogP contribution in [0.3, 0.4) is 0 Å². The fourth-order valence-electron chi connectivity index (χ4n) is 8.64. The molecule has 0 unspecified atom stereocenters. The number of ether oxygens (including phenoxy) is 1. The third-order valence-corrected chi connectivity index (χ3v) is 12.7. The van der Waals surface area contributed by atoms with E-state index in [-0.39, 0.29) is 44.3 Å². The minimum atomic E-state index is -1.84. The molecule has 3 aliphatic heterocycles. The third kappa shape index (κ3) is 13.4. The number of carbonyl (C=O) groups excluding carboxylic acids is 10. The van der Waals surface area contributed by atoms with Crippen LogP contribution >= 0.6 is 0 Å². The van der Waals surface area contributed by atoms with Crippen molar-refractivity contribution < 1.29 is 62.9 Å². The largest absolute Gasteiger partial charge is 0.508 e. The Morgan fingerprint density at radius 3 is 2.19 bits per heavy atom. The summed E-state index contributed by atoms with van der Waals surface area (Å²) in [6, 6.07) is 4.55. The summed E-state index contributed by atoms with van der Waals surface area (Å²) in [7, 11) is 1.34. The van der Waals surface area contributed by atoms with Gasteiger partial charge in [-0.1, -0.05) is 62.4 Å². The second-order valence-corrected chi connectivity index (χ2v) is 18.0. The number of aliphatic hydroxyl groups excluding tert-OH is 1. The van der Waals surface area contributed by atoms with Gasteiger partial charge < -0.3 is 62.0 Å². The van der Waals surface area contributed by atoms with Crippen LogP contribution in [0.5, 0.6) is 5.75 Å². The van der Waals surface area contributed by atoms with Gasteiger partial charge in [0.2, 0.25) is 41.9 Å². The molecule has 3 heterocycles. The van der Waals surface area contributed by atoms with Crippen molar-refractivity contribution in [1.82, 2.24) is 41.3 Å². The van der Waals surface area contributed by atoms with Gasteiger partial charge in [0.15, 0.2) is 0 Å². The monoisotopic (exact) mass is 973 g/mol. The second kappa shape index (κ2) is 24.3. The van der Waals surface area contributed by atoms with Gasteiger partial charge in [0.1, 0.15) is 66.1 Å². The smallest absolute Gasteiger partial charge is 0.329 e. The number of cyclic esters (lactones) is 1. The van der Waals surface area contributed by atoms with Crippen LogP contribution in [0, 0.1) is 5.92 Å². The first-order valence-corrected chi connectivity index (χ1v) is 23.2.